The Balaban J connectivity index is 1.43. The van der Waals surface area contributed by atoms with E-state index in [0.29, 0.717) is 0 Å². The highest BCUT2D eigenvalue weighted by Crippen LogP contribution is 2.50. The molecule has 1 heterocycles. The van der Waals surface area contributed by atoms with Crippen LogP contribution in [0.2, 0.25) is 0 Å². The number of benzene rings is 8. The molecule has 0 N–H and O–H groups in total. The molecule has 0 fully saturated rings. The predicted molar refractivity (Wildman–Crippen MR) is 203 cm³/mol. The molecule has 1 aliphatic rings. The van der Waals surface area contributed by atoms with Gasteiger partial charge >= 0.3 is 0 Å². The lowest BCUT2D eigenvalue weighted by molar-refractivity contribution is 0.660. The zero-order chi connectivity index (χ0) is 54.6. The first kappa shape index (κ1) is 12.0. The zero-order valence-corrected chi connectivity index (χ0v) is 24.9. The smallest absolute Gasteiger partial charge is 0.136 e. The van der Waals surface area contributed by atoms with Crippen molar-refractivity contribution in [1.29, 1.82) is 0 Å². The highest BCUT2D eigenvalue weighted by atomic mass is 16.3. The molecule has 9 aromatic rings. The fourth-order valence-electron chi connectivity index (χ4n) is 6.52. The first-order valence-corrected chi connectivity index (χ1v) is 14.7. The molecule has 0 unspecified atom stereocenters. The lowest BCUT2D eigenvalue weighted by atomic mass is 9.82. The van der Waals surface area contributed by atoms with Crippen molar-refractivity contribution in [2.24, 2.45) is 0 Å². The van der Waals surface area contributed by atoms with E-state index in [1.54, 1.807) is 13.8 Å². The third kappa shape index (κ3) is 3.79. The highest BCUT2D eigenvalue weighted by Gasteiger charge is 2.35. The summed E-state index contributed by atoms with van der Waals surface area (Å²) in [5, 5.41) is -3.70. The summed E-state index contributed by atoms with van der Waals surface area (Å²) in [6.45, 7) is 3.09. The van der Waals surface area contributed by atoms with Crippen LogP contribution in [0, 0.1) is 0 Å². The van der Waals surface area contributed by atoms with Crippen molar-refractivity contribution in [3.63, 3.8) is 0 Å². The second-order valence-electron chi connectivity index (χ2n) is 11.6. The normalized spacial score (nSPS) is 21.0. The number of hydrogen-bond donors (Lipinski definition) is 0. The second-order valence-corrected chi connectivity index (χ2v) is 11.6. The Labute approximate surface area is 316 Å². The van der Waals surface area contributed by atoms with Crippen LogP contribution in [0.1, 0.15) is 60.6 Å². The summed E-state index contributed by atoms with van der Waals surface area (Å²) in [6, 6.07) is -21.9. The van der Waals surface area contributed by atoms with Crippen LogP contribution in [0.4, 0.5) is 0 Å². The first-order valence-electron chi connectivity index (χ1n) is 27.7. The van der Waals surface area contributed by atoms with Crippen molar-refractivity contribution in [2.45, 2.75) is 19.3 Å². The lowest BCUT2D eigenvalue weighted by Crippen LogP contribution is -2.14. The van der Waals surface area contributed by atoms with E-state index in [1.807, 2.05) is 0 Å². The summed E-state index contributed by atoms with van der Waals surface area (Å²) < 4.78 is 242. The van der Waals surface area contributed by atoms with Crippen molar-refractivity contribution in [3.8, 4) is 44.5 Å². The Bertz CT molecular complexity index is 4120. The maximum Gasteiger partial charge on any atom is 0.136 e. The standard InChI is InChI=1S/C47H32O/c1-47(2)40-19-9-7-12-32(40)39-28-31(26-27-41(39)47)29-22-24-30(25-23-29)44-33-13-3-5-15-35(33)45(36-16-6-4-14-34(36)44)38-18-11-21-43-46(38)37-17-8-10-20-42(37)48-43/h3-28H,1-2H3/i3D,4D,5D,6D,7D,8D,9D,10D,11D,12D,13D,14D,15D,16D,17D,18D,19D,20D,21D,22D,23D,24D,25D,26D,27D,28D. The Morgan fingerprint density at radius 3 is 1.67 bits per heavy atom. The van der Waals surface area contributed by atoms with E-state index < -0.39 is 239 Å². The third-order valence-corrected chi connectivity index (χ3v) is 8.70. The number of para-hydroxylation sites is 1. The first-order chi connectivity index (χ1) is 34.4. The van der Waals surface area contributed by atoms with Gasteiger partial charge in [0.25, 0.3) is 0 Å². The van der Waals surface area contributed by atoms with Gasteiger partial charge in [-0.3, -0.25) is 0 Å². The van der Waals surface area contributed by atoms with Crippen LogP contribution >= 0.6 is 0 Å². The Hall–Kier alpha value is -5.92. The fourth-order valence-corrected chi connectivity index (χ4v) is 6.52. The van der Waals surface area contributed by atoms with Crippen molar-refractivity contribution in [1.82, 2.24) is 0 Å². The molecule has 226 valence electrons. The van der Waals surface area contributed by atoms with Crippen LogP contribution in [0.5, 0.6) is 0 Å². The van der Waals surface area contributed by atoms with Gasteiger partial charge in [-0.1, -0.05) is 153 Å². The predicted octanol–water partition coefficient (Wildman–Crippen LogP) is 13.2. The SMILES string of the molecule is [2H]c1c([2H])c([2H])c2c(c1[2H])-c1c([2H])c(-c3c([2H])c([2H])c(-c4c5c([2H])c([2H])c([2H])c([2H])c5c(-c5c([2H])c([2H])c([2H])c6oc7c([2H])c([2H])c([2H])c([2H])c7c56)c5c([2H])c([2H])c([2H])c([2H])c45)c([2H])c3[2H])c([2H])c([2H])c1C2(C)C. The molecule has 8 aromatic carbocycles. The summed E-state index contributed by atoms with van der Waals surface area (Å²) >= 11 is 0. The van der Waals surface area contributed by atoms with Crippen LogP contribution in [0.3, 0.4) is 0 Å². The number of hydrogen-bond acceptors (Lipinski definition) is 1. The van der Waals surface area contributed by atoms with Crippen molar-refractivity contribution in [2.75, 3.05) is 0 Å². The average Bonchev–Trinajstić information content (AvgIpc) is 3.88. The van der Waals surface area contributed by atoms with Crippen LogP contribution in [-0.2, 0) is 5.41 Å². The molecular formula is C47H32O. The molecule has 1 nitrogen and oxygen atoms in total. The van der Waals surface area contributed by atoms with Gasteiger partial charge in [-0.15, -0.1) is 0 Å². The lowest BCUT2D eigenvalue weighted by Gasteiger charge is -2.21. The van der Waals surface area contributed by atoms with Gasteiger partial charge in [0.05, 0.1) is 35.6 Å². The molecule has 1 aliphatic carbocycles. The van der Waals surface area contributed by atoms with Gasteiger partial charge in [-0.05, 0) is 95.3 Å². The third-order valence-electron chi connectivity index (χ3n) is 8.70. The Morgan fingerprint density at radius 1 is 0.417 bits per heavy atom. The summed E-state index contributed by atoms with van der Waals surface area (Å²) in [5.41, 5.74) is -7.13. The fraction of sp³-hybridized carbons (Fsp3) is 0.0638. The van der Waals surface area contributed by atoms with Gasteiger partial charge in [0.2, 0.25) is 0 Å². The molecule has 0 atom stereocenters. The summed E-state index contributed by atoms with van der Waals surface area (Å²) in [4.78, 5) is 0. The van der Waals surface area contributed by atoms with Gasteiger partial charge in [0.1, 0.15) is 11.2 Å². The quantitative estimate of drug-likeness (QED) is 0.176. The average molecular weight is 639 g/mol. The molecule has 0 saturated heterocycles. The number of furan rings is 1. The monoisotopic (exact) mass is 638 g/mol. The summed E-state index contributed by atoms with van der Waals surface area (Å²) in [7, 11) is 0. The molecule has 48 heavy (non-hydrogen) atoms. The van der Waals surface area contributed by atoms with E-state index in [2.05, 4.69) is 0 Å². The topological polar surface area (TPSA) is 13.1 Å². The molecule has 0 spiro atoms. The van der Waals surface area contributed by atoms with Crippen molar-refractivity contribution < 1.29 is 40.1 Å². The van der Waals surface area contributed by atoms with Crippen LogP contribution < -0.4 is 0 Å². The molecule has 1 aromatic heterocycles. The van der Waals surface area contributed by atoms with Crippen LogP contribution in [0.15, 0.2) is 162 Å². The van der Waals surface area contributed by atoms with E-state index in [4.69, 9.17) is 23.6 Å². The van der Waals surface area contributed by atoms with Gasteiger partial charge in [0.15, 0.2) is 0 Å². The minimum absolute atomic E-state index is 0.0153. The van der Waals surface area contributed by atoms with Crippen molar-refractivity contribution in [3.05, 3.63) is 168 Å². The van der Waals surface area contributed by atoms with Gasteiger partial charge in [-0.2, -0.15) is 0 Å². The maximum atomic E-state index is 9.65. The molecule has 0 amide bonds. The zero-order valence-electron chi connectivity index (χ0n) is 50.9. The van der Waals surface area contributed by atoms with E-state index in [0.717, 1.165) is 0 Å². The minimum atomic E-state index is -1.39. The van der Waals surface area contributed by atoms with E-state index >= 15 is 0 Å². The van der Waals surface area contributed by atoms with Crippen molar-refractivity contribution >= 4 is 43.5 Å². The molecule has 0 aliphatic heterocycles. The van der Waals surface area contributed by atoms with Gasteiger partial charge in [0, 0.05) is 16.2 Å². The summed E-state index contributed by atoms with van der Waals surface area (Å²) in [6.07, 6.45) is 0. The molecular weight excluding hydrogens is 581 g/mol. The van der Waals surface area contributed by atoms with E-state index in [9.17, 15) is 16.4 Å². The van der Waals surface area contributed by atoms with Gasteiger partial charge < -0.3 is 4.42 Å². The molecule has 0 radical (unpaired) electrons. The van der Waals surface area contributed by atoms with E-state index in [-0.39, 0.29) is 22.3 Å². The molecule has 0 bridgehead atoms. The Morgan fingerprint density at radius 2 is 0.938 bits per heavy atom. The molecule has 10 rings (SSSR count). The highest BCUT2D eigenvalue weighted by molar-refractivity contribution is 6.25. The Kier molecular flexibility index (Phi) is 2.50. The maximum absolute atomic E-state index is 9.65. The minimum Gasteiger partial charge on any atom is -0.456 e. The number of fused-ring (bicyclic) bond motifs is 8. The number of rotatable bonds is 3. The summed E-state index contributed by atoms with van der Waals surface area (Å²) in [5.74, 6) is 0. The van der Waals surface area contributed by atoms with Crippen LogP contribution in [0.25, 0.3) is 88.0 Å². The van der Waals surface area contributed by atoms with E-state index in [1.165, 1.54) is 0 Å². The second kappa shape index (κ2) is 10.0. The molecule has 1 heteroatoms. The van der Waals surface area contributed by atoms with Crippen LogP contribution in [-0.4, -0.2) is 0 Å². The largest absolute Gasteiger partial charge is 0.456 e. The van der Waals surface area contributed by atoms with Gasteiger partial charge in [-0.25, -0.2) is 0 Å². The molecule has 0 saturated carbocycles.